The van der Waals surface area contributed by atoms with E-state index in [4.69, 9.17) is 9.47 Å². The zero-order valence-electron chi connectivity index (χ0n) is 17.9. The molecule has 0 aliphatic rings. The highest BCUT2D eigenvalue weighted by Gasteiger charge is 2.12. The molecule has 3 aromatic rings. The molecular formula is C25H24BrFN2O3. The quantitative estimate of drug-likeness (QED) is 0.335. The number of ether oxygens (including phenoxy) is 2. The van der Waals surface area contributed by atoms with E-state index in [0.717, 1.165) is 33.4 Å². The van der Waals surface area contributed by atoms with Crippen molar-refractivity contribution < 1.29 is 18.7 Å². The highest BCUT2D eigenvalue weighted by molar-refractivity contribution is 9.10. The maximum atomic E-state index is 13.1. The standard InChI is InChI=1S/C25H24BrFN2O3/c1-3-4-24(30)29-21-11-9-20(10-12-21)28-15-18-13-22(26)25(23(14-18)31-2)32-16-17-5-7-19(27)8-6-17/h5-15H,3-4,16H2,1-2H3,(H,29,30). The molecule has 1 amide bonds. The Labute approximate surface area is 195 Å². The van der Waals surface area contributed by atoms with Gasteiger partial charge < -0.3 is 14.8 Å². The van der Waals surface area contributed by atoms with Crippen LogP contribution in [0.4, 0.5) is 15.8 Å². The number of methoxy groups -OCH3 is 1. The summed E-state index contributed by atoms with van der Waals surface area (Å²) in [7, 11) is 1.57. The minimum Gasteiger partial charge on any atom is -0.493 e. The molecule has 3 rings (SSSR count). The lowest BCUT2D eigenvalue weighted by Gasteiger charge is -2.13. The monoisotopic (exact) mass is 498 g/mol. The van der Waals surface area contributed by atoms with Gasteiger partial charge in [-0.2, -0.15) is 0 Å². The van der Waals surface area contributed by atoms with E-state index < -0.39 is 0 Å². The molecule has 0 saturated heterocycles. The largest absolute Gasteiger partial charge is 0.493 e. The third kappa shape index (κ3) is 6.65. The zero-order valence-corrected chi connectivity index (χ0v) is 19.5. The van der Waals surface area contributed by atoms with Crippen molar-refractivity contribution in [1.29, 1.82) is 0 Å². The predicted molar refractivity (Wildman–Crippen MR) is 129 cm³/mol. The number of benzene rings is 3. The Morgan fingerprint density at radius 1 is 1.12 bits per heavy atom. The van der Waals surface area contributed by atoms with E-state index in [1.54, 1.807) is 25.5 Å². The zero-order chi connectivity index (χ0) is 22.9. The number of aliphatic imine (C=N–C) groups is 1. The lowest BCUT2D eigenvalue weighted by atomic mass is 10.2. The first-order valence-corrected chi connectivity index (χ1v) is 11.0. The summed E-state index contributed by atoms with van der Waals surface area (Å²) in [6.07, 6.45) is 3.03. The molecular weight excluding hydrogens is 475 g/mol. The van der Waals surface area contributed by atoms with Gasteiger partial charge in [-0.15, -0.1) is 0 Å². The average molecular weight is 499 g/mol. The summed E-state index contributed by atoms with van der Waals surface area (Å²) in [6, 6.07) is 17.2. The smallest absolute Gasteiger partial charge is 0.224 e. The molecule has 0 aromatic heterocycles. The van der Waals surface area contributed by atoms with Crippen LogP contribution in [0.2, 0.25) is 0 Å². The highest BCUT2D eigenvalue weighted by atomic mass is 79.9. The van der Waals surface area contributed by atoms with Gasteiger partial charge in [-0.05, 0) is 82.0 Å². The van der Waals surface area contributed by atoms with E-state index in [1.807, 2.05) is 43.3 Å². The van der Waals surface area contributed by atoms with Crippen molar-refractivity contribution in [2.24, 2.45) is 4.99 Å². The summed E-state index contributed by atoms with van der Waals surface area (Å²) >= 11 is 3.53. The third-order valence-corrected chi connectivity index (χ3v) is 5.13. The number of carbonyl (C=O) groups excluding carboxylic acids is 1. The van der Waals surface area contributed by atoms with Crippen LogP contribution in [0.3, 0.4) is 0 Å². The predicted octanol–water partition coefficient (Wildman–Crippen LogP) is 6.67. The molecule has 0 fully saturated rings. The summed E-state index contributed by atoms with van der Waals surface area (Å²) < 4.78 is 25.2. The fourth-order valence-corrected chi connectivity index (χ4v) is 3.50. The Bertz CT molecular complexity index is 1080. The van der Waals surface area contributed by atoms with E-state index >= 15 is 0 Å². The SMILES string of the molecule is CCCC(=O)Nc1ccc(N=Cc2cc(Br)c(OCc3ccc(F)cc3)c(OC)c2)cc1. The minimum absolute atomic E-state index is 0.00225. The van der Waals surface area contributed by atoms with Crippen LogP contribution in [0.25, 0.3) is 0 Å². The molecule has 0 unspecified atom stereocenters. The maximum absolute atomic E-state index is 13.1. The lowest BCUT2D eigenvalue weighted by Crippen LogP contribution is -2.10. The van der Waals surface area contributed by atoms with Crippen molar-refractivity contribution in [3.05, 3.63) is 82.1 Å². The number of nitrogens with one attached hydrogen (secondary N) is 1. The lowest BCUT2D eigenvalue weighted by molar-refractivity contribution is -0.116. The van der Waals surface area contributed by atoms with Crippen molar-refractivity contribution in [3.63, 3.8) is 0 Å². The molecule has 3 aromatic carbocycles. The Hall–Kier alpha value is -3.19. The van der Waals surface area contributed by atoms with Gasteiger partial charge in [-0.25, -0.2) is 4.39 Å². The van der Waals surface area contributed by atoms with Crippen LogP contribution >= 0.6 is 15.9 Å². The molecule has 1 N–H and O–H groups in total. The van der Waals surface area contributed by atoms with Crippen molar-refractivity contribution in [1.82, 2.24) is 0 Å². The maximum Gasteiger partial charge on any atom is 0.224 e. The molecule has 0 atom stereocenters. The second-order valence-electron chi connectivity index (χ2n) is 7.05. The Balaban J connectivity index is 1.69. The van der Waals surface area contributed by atoms with Crippen molar-refractivity contribution in [3.8, 4) is 11.5 Å². The van der Waals surface area contributed by atoms with Crippen molar-refractivity contribution in [2.45, 2.75) is 26.4 Å². The van der Waals surface area contributed by atoms with Crippen LogP contribution in [-0.4, -0.2) is 19.2 Å². The third-order valence-electron chi connectivity index (χ3n) is 4.54. The fraction of sp³-hybridized carbons (Fsp3) is 0.200. The second kappa shape index (κ2) is 11.4. The molecule has 7 heteroatoms. The van der Waals surface area contributed by atoms with E-state index in [0.29, 0.717) is 17.9 Å². The van der Waals surface area contributed by atoms with E-state index in [1.165, 1.54) is 12.1 Å². The number of halogens is 2. The number of hydrogen-bond acceptors (Lipinski definition) is 4. The van der Waals surface area contributed by atoms with Crippen LogP contribution in [-0.2, 0) is 11.4 Å². The summed E-state index contributed by atoms with van der Waals surface area (Å²) in [5.74, 6) is 0.826. The average Bonchev–Trinajstić information content (AvgIpc) is 2.79. The van der Waals surface area contributed by atoms with Gasteiger partial charge >= 0.3 is 0 Å². The Kier molecular flexibility index (Phi) is 8.39. The van der Waals surface area contributed by atoms with Gasteiger partial charge in [0, 0.05) is 18.3 Å². The van der Waals surface area contributed by atoms with Crippen LogP contribution in [0.1, 0.15) is 30.9 Å². The van der Waals surface area contributed by atoms with E-state index in [9.17, 15) is 9.18 Å². The Morgan fingerprint density at radius 3 is 2.50 bits per heavy atom. The summed E-state index contributed by atoms with van der Waals surface area (Å²) in [5, 5.41) is 2.85. The molecule has 0 saturated carbocycles. The summed E-state index contributed by atoms with van der Waals surface area (Å²) in [5.41, 5.74) is 3.17. The van der Waals surface area contributed by atoms with Crippen LogP contribution < -0.4 is 14.8 Å². The second-order valence-corrected chi connectivity index (χ2v) is 7.91. The number of nitrogens with zero attached hydrogens (tertiary/aromatic N) is 1. The molecule has 0 spiro atoms. The molecule has 0 aliphatic carbocycles. The summed E-state index contributed by atoms with van der Waals surface area (Å²) in [6.45, 7) is 2.25. The van der Waals surface area contributed by atoms with Gasteiger partial charge in [0.15, 0.2) is 11.5 Å². The van der Waals surface area contributed by atoms with Gasteiger partial charge in [0.1, 0.15) is 12.4 Å². The van der Waals surface area contributed by atoms with E-state index in [-0.39, 0.29) is 18.3 Å². The molecule has 0 heterocycles. The van der Waals surface area contributed by atoms with Gasteiger partial charge in [0.2, 0.25) is 5.91 Å². The summed E-state index contributed by atoms with van der Waals surface area (Å²) in [4.78, 5) is 16.2. The van der Waals surface area contributed by atoms with Gasteiger partial charge in [-0.1, -0.05) is 19.1 Å². The van der Waals surface area contributed by atoms with Crippen LogP contribution in [0, 0.1) is 5.82 Å². The fourth-order valence-electron chi connectivity index (χ4n) is 2.92. The number of hydrogen-bond donors (Lipinski definition) is 1. The van der Waals surface area contributed by atoms with E-state index in [2.05, 4.69) is 26.2 Å². The number of rotatable bonds is 9. The van der Waals surface area contributed by atoms with Crippen molar-refractivity contribution >= 4 is 39.4 Å². The molecule has 0 radical (unpaired) electrons. The first kappa shape index (κ1) is 23.5. The highest BCUT2D eigenvalue weighted by Crippen LogP contribution is 2.37. The van der Waals surface area contributed by atoms with Gasteiger partial charge in [0.25, 0.3) is 0 Å². The Morgan fingerprint density at radius 2 is 1.84 bits per heavy atom. The molecule has 166 valence electrons. The number of amides is 1. The first-order chi connectivity index (χ1) is 15.5. The number of anilines is 1. The molecule has 5 nitrogen and oxygen atoms in total. The number of carbonyl (C=O) groups is 1. The molecule has 0 aliphatic heterocycles. The normalized spacial score (nSPS) is 10.9. The first-order valence-electron chi connectivity index (χ1n) is 10.2. The molecule has 32 heavy (non-hydrogen) atoms. The topological polar surface area (TPSA) is 59.9 Å². The van der Waals surface area contributed by atoms with Gasteiger partial charge in [0.05, 0.1) is 17.3 Å². The van der Waals surface area contributed by atoms with Crippen molar-refractivity contribution in [2.75, 3.05) is 12.4 Å². The van der Waals surface area contributed by atoms with Crippen LogP contribution in [0.15, 0.2) is 70.1 Å². The van der Waals surface area contributed by atoms with Gasteiger partial charge in [-0.3, -0.25) is 9.79 Å². The van der Waals surface area contributed by atoms with Crippen LogP contribution in [0.5, 0.6) is 11.5 Å². The molecule has 0 bridgehead atoms. The minimum atomic E-state index is -0.285.